The third-order valence-electron chi connectivity index (χ3n) is 2.14. The smallest absolute Gasteiger partial charge is 0.216 e. The van der Waals surface area contributed by atoms with Gasteiger partial charge in [0.1, 0.15) is 0 Å². The van der Waals surface area contributed by atoms with Crippen LogP contribution in [0.2, 0.25) is 0 Å². The van der Waals surface area contributed by atoms with E-state index in [0.717, 1.165) is 6.42 Å². The first-order chi connectivity index (χ1) is 6.24. The second-order valence-corrected chi connectivity index (χ2v) is 3.19. The molecule has 0 saturated heterocycles. The van der Waals surface area contributed by atoms with Crippen molar-refractivity contribution in [3.8, 4) is 0 Å². The molecule has 0 aliphatic heterocycles. The summed E-state index contributed by atoms with van der Waals surface area (Å²) in [5, 5.41) is 0. The van der Waals surface area contributed by atoms with Crippen molar-refractivity contribution >= 4 is 6.29 Å². The quantitative estimate of drug-likeness (QED) is 0.752. The number of hydrogen-bond donors (Lipinski definition) is 1. The highest BCUT2D eigenvalue weighted by atomic mass is 16.1. The number of carbonyl (C=O) groups excluding carboxylic acids is 1. The average Bonchev–Trinajstić information content (AvgIpc) is 2.16. The Labute approximate surface area is 78.8 Å². The number of benzene rings is 1. The van der Waals surface area contributed by atoms with E-state index in [1.807, 2.05) is 12.1 Å². The Bertz CT molecular complexity index is 283. The normalized spacial score (nSPS) is 12.5. The minimum atomic E-state index is -0.445. The molecule has 2 heteroatoms. The van der Waals surface area contributed by atoms with Crippen LogP contribution in [0.1, 0.15) is 17.5 Å². The van der Waals surface area contributed by atoms with Crippen LogP contribution in [0.4, 0.5) is 0 Å². The van der Waals surface area contributed by atoms with Crippen molar-refractivity contribution in [2.24, 2.45) is 5.73 Å². The predicted molar refractivity (Wildman–Crippen MR) is 53.2 cm³/mol. The summed E-state index contributed by atoms with van der Waals surface area (Å²) in [5.41, 5.74) is 7.96. The Hall–Kier alpha value is -1.15. The molecule has 1 rings (SSSR count). The van der Waals surface area contributed by atoms with Gasteiger partial charge in [-0.25, -0.2) is 0 Å². The van der Waals surface area contributed by atoms with Gasteiger partial charge in [-0.1, -0.05) is 24.3 Å². The van der Waals surface area contributed by atoms with E-state index >= 15 is 0 Å². The van der Waals surface area contributed by atoms with Gasteiger partial charge in [0.15, 0.2) is 0 Å². The molecule has 0 aliphatic rings. The van der Waals surface area contributed by atoms with Gasteiger partial charge in [-0.3, -0.25) is 4.79 Å². The Morgan fingerprint density at radius 1 is 1.46 bits per heavy atom. The van der Waals surface area contributed by atoms with Gasteiger partial charge in [-0.2, -0.15) is 0 Å². The molecule has 1 aromatic carbocycles. The van der Waals surface area contributed by atoms with Crippen molar-refractivity contribution in [1.82, 2.24) is 0 Å². The highest BCUT2D eigenvalue weighted by Crippen LogP contribution is 2.09. The predicted octanol–water partition coefficient (Wildman–Crippen LogP) is 1.36. The summed E-state index contributed by atoms with van der Waals surface area (Å²) in [6, 6.07) is 7.68. The van der Waals surface area contributed by atoms with Crippen molar-refractivity contribution in [3.63, 3.8) is 0 Å². The SMILES string of the molecule is Cc1ccccc1CCC(N)[C]=O. The molecule has 0 fully saturated rings. The lowest BCUT2D eigenvalue weighted by atomic mass is 10.0. The molecule has 0 heterocycles. The van der Waals surface area contributed by atoms with Crippen molar-refractivity contribution in [2.45, 2.75) is 25.8 Å². The Morgan fingerprint density at radius 2 is 2.15 bits per heavy atom. The van der Waals surface area contributed by atoms with Crippen molar-refractivity contribution in [2.75, 3.05) is 0 Å². The molecule has 1 radical (unpaired) electrons. The molecule has 1 atom stereocenters. The second-order valence-electron chi connectivity index (χ2n) is 3.19. The van der Waals surface area contributed by atoms with Crippen LogP contribution in [0, 0.1) is 6.92 Å². The third kappa shape index (κ3) is 2.99. The zero-order valence-electron chi connectivity index (χ0n) is 7.79. The molecular formula is C11H14NO. The van der Waals surface area contributed by atoms with Crippen LogP contribution in [0.3, 0.4) is 0 Å². The van der Waals surface area contributed by atoms with Crippen LogP contribution in [0.5, 0.6) is 0 Å². The monoisotopic (exact) mass is 176 g/mol. The standard InChI is InChI=1S/C11H14NO/c1-9-4-2-3-5-10(9)6-7-11(12)8-13/h2-5,11H,6-7,12H2,1H3. The van der Waals surface area contributed by atoms with Gasteiger partial charge in [-0.15, -0.1) is 0 Å². The third-order valence-corrected chi connectivity index (χ3v) is 2.14. The minimum Gasteiger partial charge on any atom is -0.321 e. The summed E-state index contributed by atoms with van der Waals surface area (Å²) in [4.78, 5) is 10.2. The van der Waals surface area contributed by atoms with E-state index in [9.17, 15) is 4.79 Å². The van der Waals surface area contributed by atoms with Gasteiger partial charge in [0.05, 0.1) is 6.04 Å². The summed E-state index contributed by atoms with van der Waals surface area (Å²) in [5.74, 6) is 0. The lowest BCUT2D eigenvalue weighted by Crippen LogP contribution is -2.21. The fourth-order valence-electron chi connectivity index (χ4n) is 1.26. The number of rotatable bonds is 4. The number of nitrogens with two attached hydrogens (primary N) is 1. The fraction of sp³-hybridized carbons (Fsp3) is 0.364. The second kappa shape index (κ2) is 4.77. The maximum absolute atomic E-state index is 10.2. The molecule has 13 heavy (non-hydrogen) atoms. The van der Waals surface area contributed by atoms with E-state index in [1.165, 1.54) is 11.1 Å². The van der Waals surface area contributed by atoms with E-state index in [4.69, 9.17) is 5.73 Å². The first-order valence-electron chi connectivity index (χ1n) is 4.42. The summed E-state index contributed by atoms with van der Waals surface area (Å²) >= 11 is 0. The highest BCUT2D eigenvalue weighted by Gasteiger charge is 2.02. The Balaban J connectivity index is 2.54. The van der Waals surface area contributed by atoms with Crippen LogP contribution in [-0.4, -0.2) is 12.3 Å². The van der Waals surface area contributed by atoms with E-state index in [0.29, 0.717) is 6.42 Å². The molecule has 0 amide bonds. The van der Waals surface area contributed by atoms with Crippen molar-refractivity contribution < 1.29 is 4.79 Å². The van der Waals surface area contributed by atoms with Crippen LogP contribution < -0.4 is 5.73 Å². The molecule has 0 aromatic heterocycles. The summed E-state index contributed by atoms with van der Waals surface area (Å²) < 4.78 is 0. The molecule has 1 unspecified atom stereocenters. The largest absolute Gasteiger partial charge is 0.321 e. The van der Waals surface area contributed by atoms with E-state index in [-0.39, 0.29) is 0 Å². The maximum Gasteiger partial charge on any atom is 0.216 e. The van der Waals surface area contributed by atoms with Gasteiger partial charge >= 0.3 is 0 Å². The van der Waals surface area contributed by atoms with Crippen molar-refractivity contribution in [1.29, 1.82) is 0 Å². The van der Waals surface area contributed by atoms with E-state index in [1.54, 1.807) is 6.29 Å². The Kier molecular flexibility index (Phi) is 3.65. The highest BCUT2D eigenvalue weighted by molar-refractivity contribution is 5.57. The summed E-state index contributed by atoms with van der Waals surface area (Å²) in [6.07, 6.45) is 3.31. The van der Waals surface area contributed by atoms with Crippen LogP contribution in [0.15, 0.2) is 24.3 Å². The average molecular weight is 176 g/mol. The molecule has 2 nitrogen and oxygen atoms in total. The fourth-order valence-corrected chi connectivity index (χ4v) is 1.26. The number of aryl methyl sites for hydroxylation is 2. The zero-order valence-corrected chi connectivity index (χ0v) is 7.79. The lowest BCUT2D eigenvalue weighted by molar-refractivity contribution is 0.535. The van der Waals surface area contributed by atoms with Crippen molar-refractivity contribution in [3.05, 3.63) is 35.4 Å². The molecule has 69 valence electrons. The molecule has 0 aliphatic carbocycles. The molecular weight excluding hydrogens is 162 g/mol. The summed E-state index contributed by atoms with van der Waals surface area (Å²) in [7, 11) is 0. The first-order valence-corrected chi connectivity index (χ1v) is 4.42. The Morgan fingerprint density at radius 3 is 2.77 bits per heavy atom. The van der Waals surface area contributed by atoms with Gasteiger partial charge in [0, 0.05) is 0 Å². The van der Waals surface area contributed by atoms with E-state index in [2.05, 4.69) is 19.1 Å². The molecule has 0 spiro atoms. The van der Waals surface area contributed by atoms with Crippen LogP contribution in [-0.2, 0) is 11.2 Å². The summed E-state index contributed by atoms with van der Waals surface area (Å²) in [6.45, 7) is 2.06. The first kappa shape index (κ1) is 9.93. The van der Waals surface area contributed by atoms with Gasteiger partial charge in [0.2, 0.25) is 6.29 Å². The maximum atomic E-state index is 10.2. The topological polar surface area (TPSA) is 43.1 Å². The zero-order chi connectivity index (χ0) is 9.68. The molecule has 2 N–H and O–H groups in total. The van der Waals surface area contributed by atoms with Crippen LogP contribution >= 0.6 is 0 Å². The minimum absolute atomic E-state index is 0.445. The van der Waals surface area contributed by atoms with Gasteiger partial charge in [0.25, 0.3) is 0 Å². The lowest BCUT2D eigenvalue weighted by Gasteiger charge is -2.05. The van der Waals surface area contributed by atoms with E-state index < -0.39 is 6.04 Å². The van der Waals surface area contributed by atoms with Gasteiger partial charge in [-0.05, 0) is 30.9 Å². The molecule has 0 bridgehead atoms. The van der Waals surface area contributed by atoms with Gasteiger partial charge < -0.3 is 5.73 Å². The molecule has 0 saturated carbocycles. The molecule has 1 aromatic rings. The number of hydrogen-bond acceptors (Lipinski definition) is 2. The van der Waals surface area contributed by atoms with Crippen LogP contribution in [0.25, 0.3) is 0 Å².